The van der Waals surface area contributed by atoms with Crippen molar-refractivity contribution in [3.05, 3.63) is 66.1 Å². The number of nitrogens with zero attached hydrogens (tertiary/aromatic N) is 3. The summed E-state index contributed by atoms with van der Waals surface area (Å²) in [5.74, 6) is 1.93. The minimum absolute atomic E-state index is 0.123. The third kappa shape index (κ3) is 3.91. The number of rotatable bonds is 6. The van der Waals surface area contributed by atoms with E-state index in [0.29, 0.717) is 24.6 Å². The zero-order chi connectivity index (χ0) is 19.3. The molecule has 0 bridgehead atoms. The summed E-state index contributed by atoms with van der Waals surface area (Å²) in [4.78, 5) is 14.8. The highest BCUT2D eigenvalue weighted by Gasteiger charge is 2.29. The summed E-state index contributed by atoms with van der Waals surface area (Å²) in [6, 6.07) is 17.7. The van der Waals surface area contributed by atoms with Crippen LogP contribution in [0.2, 0.25) is 0 Å². The number of ether oxygens (including phenoxy) is 1. The van der Waals surface area contributed by atoms with Crippen molar-refractivity contribution in [3.8, 4) is 17.2 Å². The lowest BCUT2D eigenvalue weighted by molar-refractivity contribution is -0.132. The lowest BCUT2D eigenvalue weighted by atomic mass is 10.0. The van der Waals surface area contributed by atoms with Crippen molar-refractivity contribution in [1.82, 2.24) is 15.1 Å². The average molecular weight is 377 g/mol. The summed E-state index contributed by atoms with van der Waals surface area (Å²) in [6.45, 7) is 0.786. The predicted molar refractivity (Wildman–Crippen MR) is 105 cm³/mol. The smallest absolute Gasteiger partial charge is 0.247 e. The maximum Gasteiger partial charge on any atom is 0.247 e. The van der Waals surface area contributed by atoms with Gasteiger partial charge in [0.15, 0.2) is 0 Å². The predicted octanol–water partition coefficient (Wildman–Crippen LogP) is 4.04. The molecule has 1 fully saturated rings. The van der Waals surface area contributed by atoms with Crippen LogP contribution in [-0.2, 0) is 11.2 Å². The molecule has 4 rings (SSSR count). The number of aromatic nitrogens is 2. The SMILES string of the molecule is COc1ccc([C@H]2CCCN2C(=O)CCc2nnc(-c3ccccc3)o2)cc1. The van der Waals surface area contributed by atoms with Crippen molar-refractivity contribution in [2.45, 2.75) is 31.7 Å². The highest BCUT2D eigenvalue weighted by molar-refractivity contribution is 5.77. The number of aryl methyl sites for hydroxylation is 1. The number of amides is 1. The maximum absolute atomic E-state index is 12.8. The first-order chi connectivity index (χ1) is 13.7. The van der Waals surface area contributed by atoms with Gasteiger partial charge in [0.2, 0.25) is 17.7 Å². The fourth-order valence-electron chi connectivity index (χ4n) is 3.65. The molecule has 0 unspecified atom stereocenters. The number of hydrogen-bond donors (Lipinski definition) is 0. The van der Waals surface area contributed by atoms with E-state index >= 15 is 0 Å². The van der Waals surface area contributed by atoms with Crippen LogP contribution in [0.25, 0.3) is 11.5 Å². The van der Waals surface area contributed by atoms with Crippen LogP contribution < -0.4 is 4.74 Å². The Morgan fingerprint density at radius 1 is 1.14 bits per heavy atom. The molecule has 0 N–H and O–H groups in total. The van der Waals surface area contributed by atoms with Gasteiger partial charge in [-0.05, 0) is 42.7 Å². The molecular weight excluding hydrogens is 354 g/mol. The lowest BCUT2D eigenvalue weighted by Gasteiger charge is -2.25. The number of carbonyl (C=O) groups excluding carboxylic acids is 1. The van der Waals surface area contributed by atoms with Crippen molar-refractivity contribution in [3.63, 3.8) is 0 Å². The molecule has 144 valence electrons. The fraction of sp³-hybridized carbons (Fsp3) is 0.318. The first-order valence-corrected chi connectivity index (χ1v) is 9.56. The van der Waals surface area contributed by atoms with Gasteiger partial charge in [-0.15, -0.1) is 10.2 Å². The summed E-state index contributed by atoms with van der Waals surface area (Å²) in [6.07, 6.45) is 2.81. The first kappa shape index (κ1) is 18.2. The Hall–Kier alpha value is -3.15. The first-order valence-electron chi connectivity index (χ1n) is 9.56. The van der Waals surface area contributed by atoms with E-state index in [1.54, 1.807) is 7.11 Å². The van der Waals surface area contributed by atoms with Crippen LogP contribution in [0.3, 0.4) is 0 Å². The van der Waals surface area contributed by atoms with Gasteiger partial charge in [-0.25, -0.2) is 0 Å². The second-order valence-electron chi connectivity index (χ2n) is 6.89. The molecule has 1 aliphatic heterocycles. The summed E-state index contributed by atoms with van der Waals surface area (Å²) >= 11 is 0. The van der Waals surface area contributed by atoms with Crippen molar-refractivity contribution in [1.29, 1.82) is 0 Å². The summed E-state index contributed by atoms with van der Waals surface area (Å²) in [5, 5.41) is 8.17. The van der Waals surface area contributed by atoms with Crippen LogP contribution in [0.1, 0.15) is 36.8 Å². The quantitative estimate of drug-likeness (QED) is 0.648. The van der Waals surface area contributed by atoms with Crippen LogP contribution >= 0.6 is 0 Å². The molecule has 0 aliphatic carbocycles. The second kappa shape index (κ2) is 8.25. The average Bonchev–Trinajstić information content (AvgIpc) is 3.43. The van der Waals surface area contributed by atoms with Gasteiger partial charge in [-0.3, -0.25) is 4.79 Å². The molecule has 28 heavy (non-hydrogen) atoms. The fourth-order valence-corrected chi connectivity index (χ4v) is 3.65. The van der Waals surface area contributed by atoms with Gasteiger partial charge in [0.05, 0.1) is 13.2 Å². The second-order valence-corrected chi connectivity index (χ2v) is 6.89. The lowest BCUT2D eigenvalue weighted by Crippen LogP contribution is -2.30. The van der Waals surface area contributed by atoms with Crippen LogP contribution in [0, 0.1) is 0 Å². The summed E-state index contributed by atoms with van der Waals surface area (Å²) in [5.41, 5.74) is 2.03. The molecule has 1 atom stereocenters. The van der Waals surface area contributed by atoms with E-state index < -0.39 is 0 Å². The minimum atomic E-state index is 0.123. The molecule has 6 heteroatoms. The van der Waals surface area contributed by atoms with Gasteiger partial charge in [-0.2, -0.15) is 0 Å². The van der Waals surface area contributed by atoms with E-state index in [1.807, 2.05) is 59.5 Å². The van der Waals surface area contributed by atoms with E-state index in [-0.39, 0.29) is 11.9 Å². The van der Waals surface area contributed by atoms with Gasteiger partial charge in [0, 0.05) is 24.9 Å². The molecule has 1 aromatic heterocycles. The number of carbonyl (C=O) groups is 1. The van der Waals surface area contributed by atoms with E-state index in [0.717, 1.165) is 36.3 Å². The van der Waals surface area contributed by atoms with E-state index in [9.17, 15) is 4.79 Å². The Labute approximate surface area is 164 Å². The Morgan fingerprint density at radius 3 is 2.68 bits per heavy atom. The molecule has 1 aliphatic rings. The van der Waals surface area contributed by atoms with Gasteiger partial charge in [-0.1, -0.05) is 30.3 Å². The Morgan fingerprint density at radius 2 is 1.93 bits per heavy atom. The number of likely N-dealkylation sites (tertiary alicyclic amines) is 1. The summed E-state index contributed by atoms with van der Waals surface area (Å²) < 4.78 is 10.9. The Bertz CT molecular complexity index is 922. The molecule has 1 saturated heterocycles. The van der Waals surface area contributed by atoms with Crippen LogP contribution in [0.5, 0.6) is 5.75 Å². The highest BCUT2D eigenvalue weighted by Crippen LogP contribution is 2.33. The van der Waals surface area contributed by atoms with Crippen molar-refractivity contribution in [2.75, 3.05) is 13.7 Å². The zero-order valence-electron chi connectivity index (χ0n) is 15.9. The van der Waals surface area contributed by atoms with Gasteiger partial charge in [0.1, 0.15) is 5.75 Å². The standard InChI is InChI=1S/C22H23N3O3/c1-27-18-11-9-16(10-12-18)19-8-5-15-25(19)21(26)14-13-20-23-24-22(28-20)17-6-3-2-4-7-17/h2-4,6-7,9-12,19H,5,8,13-15H2,1H3/t19-/m1/s1. The molecule has 3 aromatic rings. The molecule has 0 spiro atoms. The van der Waals surface area contributed by atoms with Gasteiger partial charge < -0.3 is 14.1 Å². The van der Waals surface area contributed by atoms with Crippen molar-refractivity contribution < 1.29 is 13.9 Å². The topological polar surface area (TPSA) is 68.5 Å². The van der Waals surface area contributed by atoms with Gasteiger partial charge in [0.25, 0.3) is 0 Å². The Kier molecular flexibility index (Phi) is 5.37. The highest BCUT2D eigenvalue weighted by atomic mass is 16.5. The molecule has 2 heterocycles. The minimum Gasteiger partial charge on any atom is -0.497 e. The van der Waals surface area contributed by atoms with Crippen LogP contribution in [-0.4, -0.2) is 34.7 Å². The molecule has 1 amide bonds. The van der Waals surface area contributed by atoms with Crippen molar-refractivity contribution in [2.24, 2.45) is 0 Å². The van der Waals surface area contributed by atoms with E-state index in [4.69, 9.17) is 9.15 Å². The van der Waals surface area contributed by atoms with Crippen molar-refractivity contribution >= 4 is 5.91 Å². The number of hydrogen-bond acceptors (Lipinski definition) is 5. The molecule has 0 saturated carbocycles. The third-order valence-electron chi connectivity index (χ3n) is 5.11. The molecule has 2 aromatic carbocycles. The van der Waals surface area contributed by atoms with E-state index in [1.165, 1.54) is 0 Å². The number of benzene rings is 2. The van der Waals surface area contributed by atoms with Crippen LogP contribution in [0.15, 0.2) is 59.0 Å². The summed E-state index contributed by atoms with van der Waals surface area (Å²) in [7, 11) is 1.65. The van der Waals surface area contributed by atoms with Gasteiger partial charge >= 0.3 is 0 Å². The third-order valence-corrected chi connectivity index (χ3v) is 5.11. The molecule has 0 radical (unpaired) electrons. The largest absolute Gasteiger partial charge is 0.497 e. The zero-order valence-corrected chi connectivity index (χ0v) is 15.9. The monoisotopic (exact) mass is 377 g/mol. The maximum atomic E-state index is 12.8. The Balaban J connectivity index is 1.38. The normalized spacial score (nSPS) is 16.3. The molecule has 6 nitrogen and oxygen atoms in total. The van der Waals surface area contributed by atoms with E-state index in [2.05, 4.69) is 10.2 Å². The number of methoxy groups -OCH3 is 1. The molecular formula is C22H23N3O3. The van der Waals surface area contributed by atoms with Crippen LogP contribution in [0.4, 0.5) is 0 Å².